The Hall–Kier alpha value is -1.42. The van der Waals surface area contributed by atoms with Crippen molar-refractivity contribution in [1.29, 1.82) is 0 Å². The summed E-state index contributed by atoms with van der Waals surface area (Å²) in [7, 11) is 0. The van der Waals surface area contributed by atoms with Gasteiger partial charge in [-0.3, -0.25) is 0 Å². The topological polar surface area (TPSA) is 24.9 Å². The number of ether oxygens (including phenoxy) is 2. The van der Waals surface area contributed by atoms with Crippen molar-refractivity contribution in [3.63, 3.8) is 0 Å². The number of anilines is 1. The fraction of sp³-hybridized carbons (Fsp3) is 0.538. The van der Waals surface area contributed by atoms with Gasteiger partial charge in [0.15, 0.2) is 11.5 Å². The zero-order valence-corrected chi connectivity index (χ0v) is 10.2. The molecule has 1 aromatic carbocycles. The maximum atomic E-state index is 5.56. The van der Waals surface area contributed by atoms with Gasteiger partial charge in [0.05, 0.1) is 5.69 Å². The van der Waals surface area contributed by atoms with Crippen LogP contribution in [-0.2, 0) is 0 Å². The van der Waals surface area contributed by atoms with Gasteiger partial charge >= 0.3 is 0 Å². The average Bonchev–Trinajstić information content (AvgIpc) is 2.87. The number of hydrogen-bond acceptors (Lipinski definition) is 4. The second-order valence-electron chi connectivity index (χ2n) is 4.43. The normalized spacial score (nSPS) is 19.7. The van der Waals surface area contributed by atoms with Crippen LogP contribution in [0.2, 0.25) is 0 Å². The minimum Gasteiger partial charge on any atom is -0.454 e. The van der Waals surface area contributed by atoms with E-state index in [0.717, 1.165) is 44.2 Å². The molecule has 0 aliphatic carbocycles. The molecule has 2 aliphatic heterocycles. The number of para-hydroxylation sites is 1. The lowest BCUT2D eigenvalue weighted by Crippen LogP contribution is -2.46. The predicted molar refractivity (Wildman–Crippen MR) is 66.9 cm³/mol. The number of piperazine rings is 1. The maximum absolute atomic E-state index is 5.56. The molecule has 0 bridgehead atoms. The summed E-state index contributed by atoms with van der Waals surface area (Å²) in [5.41, 5.74) is 1.18. The number of benzene rings is 1. The van der Waals surface area contributed by atoms with Gasteiger partial charge in [0, 0.05) is 26.2 Å². The predicted octanol–water partition coefficient (Wildman–Crippen LogP) is 1.56. The molecule has 0 atom stereocenters. The van der Waals surface area contributed by atoms with Crippen LogP contribution in [0.5, 0.6) is 11.5 Å². The minimum absolute atomic E-state index is 0.348. The molecule has 2 aliphatic rings. The Morgan fingerprint density at radius 2 is 1.94 bits per heavy atom. The van der Waals surface area contributed by atoms with E-state index in [-0.39, 0.29) is 0 Å². The van der Waals surface area contributed by atoms with Gasteiger partial charge < -0.3 is 19.3 Å². The molecule has 2 heterocycles. The molecule has 4 nitrogen and oxygen atoms in total. The van der Waals surface area contributed by atoms with Crippen molar-refractivity contribution in [1.82, 2.24) is 4.90 Å². The van der Waals surface area contributed by atoms with Crippen molar-refractivity contribution < 1.29 is 9.47 Å². The fourth-order valence-electron chi connectivity index (χ4n) is 2.47. The highest BCUT2D eigenvalue weighted by Gasteiger charge is 2.23. The largest absolute Gasteiger partial charge is 0.454 e. The third-order valence-electron chi connectivity index (χ3n) is 3.54. The lowest BCUT2D eigenvalue weighted by Gasteiger charge is -2.35. The van der Waals surface area contributed by atoms with E-state index in [2.05, 4.69) is 22.8 Å². The van der Waals surface area contributed by atoms with Crippen LogP contribution in [0.4, 0.5) is 5.69 Å². The molecule has 17 heavy (non-hydrogen) atoms. The van der Waals surface area contributed by atoms with Crippen molar-refractivity contribution in [2.24, 2.45) is 0 Å². The van der Waals surface area contributed by atoms with Crippen molar-refractivity contribution in [3.05, 3.63) is 18.2 Å². The number of fused-ring (bicyclic) bond motifs is 1. The summed E-state index contributed by atoms with van der Waals surface area (Å²) in [5, 5.41) is 0. The van der Waals surface area contributed by atoms with Crippen LogP contribution in [0.15, 0.2) is 18.2 Å². The molecule has 1 aromatic rings. The Labute approximate surface area is 102 Å². The van der Waals surface area contributed by atoms with Crippen molar-refractivity contribution in [2.75, 3.05) is 44.4 Å². The molecule has 92 valence electrons. The Balaban J connectivity index is 1.79. The number of likely N-dealkylation sites (N-methyl/N-ethyl adjacent to an activating group) is 1. The van der Waals surface area contributed by atoms with Gasteiger partial charge in [-0.25, -0.2) is 0 Å². The molecule has 3 rings (SSSR count). The van der Waals surface area contributed by atoms with Gasteiger partial charge in [0.2, 0.25) is 6.79 Å². The second-order valence-corrected chi connectivity index (χ2v) is 4.43. The molecular weight excluding hydrogens is 216 g/mol. The third-order valence-corrected chi connectivity index (χ3v) is 3.54. The van der Waals surface area contributed by atoms with E-state index in [1.54, 1.807) is 0 Å². The summed E-state index contributed by atoms with van der Waals surface area (Å²) < 4.78 is 11.0. The minimum atomic E-state index is 0.348. The van der Waals surface area contributed by atoms with E-state index >= 15 is 0 Å². The Morgan fingerprint density at radius 3 is 2.71 bits per heavy atom. The van der Waals surface area contributed by atoms with E-state index in [0.29, 0.717) is 6.79 Å². The first-order valence-corrected chi connectivity index (χ1v) is 6.24. The lowest BCUT2D eigenvalue weighted by molar-refractivity contribution is 0.174. The molecular formula is C13H18N2O2. The van der Waals surface area contributed by atoms with Gasteiger partial charge in [0.25, 0.3) is 0 Å². The fourth-order valence-corrected chi connectivity index (χ4v) is 2.47. The molecule has 0 radical (unpaired) electrons. The van der Waals surface area contributed by atoms with Gasteiger partial charge in [-0.05, 0) is 18.7 Å². The standard InChI is InChI=1S/C13H18N2O2/c1-2-14-6-8-15(9-7-14)11-4-3-5-12-13(11)17-10-16-12/h3-5H,2,6-10H2,1H3. The monoisotopic (exact) mass is 234 g/mol. The van der Waals surface area contributed by atoms with Crippen LogP contribution in [-0.4, -0.2) is 44.4 Å². The first kappa shape index (κ1) is 10.7. The van der Waals surface area contributed by atoms with Gasteiger partial charge in [-0.15, -0.1) is 0 Å². The molecule has 0 saturated carbocycles. The first-order chi connectivity index (χ1) is 8.38. The van der Waals surface area contributed by atoms with Crippen molar-refractivity contribution in [3.8, 4) is 11.5 Å². The van der Waals surface area contributed by atoms with Gasteiger partial charge in [-0.2, -0.15) is 0 Å². The zero-order chi connectivity index (χ0) is 11.7. The van der Waals surface area contributed by atoms with Crippen LogP contribution in [0.25, 0.3) is 0 Å². The molecule has 0 N–H and O–H groups in total. The lowest BCUT2D eigenvalue weighted by atomic mass is 10.2. The maximum Gasteiger partial charge on any atom is 0.231 e. The molecule has 1 saturated heterocycles. The van der Waals surface area contributed by atoms with Gasteiger partial charge in [-0.1, -0.05) is 13.0 Å². The third kappa shape index (κ3) is 1.93. The Kier molecular flexibility index (Phi) is 2.81. The molecule has 1 fully saturated rings. The number of nitrogens with zero attached hydrogens (tertiary/aromatic N) is 2. The highest BCUT2D eigenvalue weighted by atomic mass is 16.7. The van der Waals surface area contributed by atoms with Crippen LogP contribution in [0.3, 0.4) is 0 Å². The van der Waals surface area contributed by atoms with Gasteiger partial charge in [0.1, 0.15) is 0 Å². The summed E-state index contributed by atoms with van der Waals surface area (Å²) in [5.74, 6) is 1.79. The summed E-state index contributed by atoms with van der Waals surface area (Å²) in [6.45, 7) is 8.08. The summed E-state index contributed by atoms with van der Waals surface area (Å²) in [4.78, 5) is 4.86. The van der Waals surface area contributed by atoms with E-state index in [1.165, 1.54) is 5.69 Å². The molecule has 0 amide bonds. The van der Waals surface area contributed by atoms with Crippen LogP contribution >= 0.6 is 0 Å². The number of rotatable bonds is 2. The van der Waals surface area contributed by atoms with E-state index in [1.807, 2.05) is 12.1 Å². The highest BCUT2D eigenvalue weighted by Crippen LogP contribution is 2.41. The second kappa shape index (κ2) is 4.45. The van der Waals surface area contributed by atoms with Crippen molar-refractivity contribution in [2.45, 2.75) is 6.92 Å². The highest BCUT2D eigenvalue weighted by molar-refractivity contribution is 5.65. The van der Waals surface area contributed by atoms with E-state index in [9.17, 15) is 0 Å². The van der Waals surface area contributed by atoms with Crippen LogP contribution < -0.4 is 14.4 Å². The SMILES string of the molecule is CCN1CCN(c2cccc3c2OCO3)CC1. The quantitative estimate of drug-likeness (QED) is 0.775. The summed E-state index contributed by atoms with van der Waals surface area (Å²) in [6.07, 6.45) is 0. The molecule has 0 spiro atoms. The zero-order valence-electron chi connectivity index (χ0n) is 10.2. The molecule has 4 heteroatoms. The summed E-state index contributed by atoms with van der Waals surface area (Å²) >= 11 is 0. The van der Waals surface area contributed by atoms with Crippen molar-refractivity contribution >= 4 is 5.69 Å². The smallest absolute Gasteiger partial charge is 0.231 e. The summed E-state index contributed by atoms with van der Waals surface area (Å²) in [6, 6.07) is 6.12. The Bertz CT molecular complexity index is 400. The first-order valence-electron chi connectivity index (χ1n) is 6.24. The van der Waals surface area contributed by atoms with Crippen LogP contribution in [0.1, 0.15) is 6.92 Å². The number of hydrogen-bond donors (Lipinski definition) is 0. The molecule has 0 unspecified atom stereocenters. The average molecular weight is 234 g/mol. The Morgan fingerprint density at radius 1 is 1.12 bits per heavy atom. The van der Waals surface area contributed by atoms with E-state index < -0.39 is 0 Å². The van der Waals surface area contributed by atoms with E-state index in [4.69, 9.17) is 9.47 Å². The van der Waals surface area contributed by atoms with Crippen LogP contribution in [0, 0.1) is 0 Å². The molecule has 0 aromatic heterocycles.